The molecule has 1 N–H and O–H groups in total. The summed E-state index contributed by atoms with van der Waals surface area (Å²) in [5.41, 5.74) is 10.4. The lowest BCUT2D eigenvalue weighted by atomic mass is 9.75. The third-order valence-electron chi connectivity index (χ3n) is 11.8. The Hall–Kier alpha value is -3.61. The number of rotatable bonds is 8. The second-order valence-corrected chi connectivity index (χ2v) is 14.6. The fraction of sp³-hybridized carbons (Fsp3) is 0.488. The molecule has 1 aromatic heterocycles. The van der Waals surface area contributed by atoms with Gasteiger partial charge in [0.15, 0.2) is 0 Å². The van der Waals surface area contributed by atoms with Crippen LogP contribution in [0, 0.1) is 11.8 Å². The predicted molar refractivity (Wildman–Crippen MR) is 188 cm³/mol. The molecule has 0 radical (unpaired) electrons. The Balaban J connectivity index is 1.09. The van der Waals surface area contributed by atoms with Crippen LogP contribution in [0.5, 0.6) is 0 Å². The van der Waals surface area contributed by atoms with Crippen LogP contribution in [0.15, 0.2) is 83.6 Å². The number of benzene rings is 2. The highest BCUT2D eigenvalue weighted by molar-refractivity contribution is 5.97. The van der Waals surface area contributed by atoms with Gasteiger partial charge in [-0.05, 0) is 79.3 Å². The fourth-order valence-corrected chi connectivity index (χ4v) is 9.54. The van der Waals surface area contributed by atoms with E-state index in [9.17, 15) is 9.90 Å². The predicted octanol–water partition coefficient (Wildman–Crippen LogP) is 8.00. The average Bonchev–Trinajstić information content (AvgIpc) is 3.63. The molecule has 2 fully saturated rings. The Kier molecular flexibility index (Phi) is 8.57. The number of para-hydroxylation sites is 1. The van der Waals surface area contributed by atoms with Crippen molar-refractivity contribution in [3.05, 3.63) is 100 Å². The van der Waals surface area contributed by atoms with E-state index in [1.807, 2.05) is 6.08 Å². The summed E-state index contributed by atoms with van der Waals surface area (Å²) in [6.07, 6.45) is 16.4. The van der Waals surface area contributed by atoms with Gasteiger partial charge < -0.3 is 24.2 Å². The van der Waals surface area contributed by atoms with Crippen LogP contribution >= 0.6 is 0 Å². The van der Waals surface area contributed by atoms with Crippen molar-refractivity contribution in [2.75, 3.05) is 32.8 Å². The van der Waals surface area contributed by atoms with Gasteiger partial charge in [0.2, 0.25) is 0 Å². The van der Waals surface area contributed by atoms with Crippen molar-refractivity contribution in [2.45, 2.75) is 83.4 Å². The van der Waals surface area contributed by atoms with E-state index in [0.29, 0.717) is 24.0 Å². The number of aliphatic carboxylic acids is 1. The van der Waals surface area contributed by atoms with Crippen molar-refractivity contribution in [1.82, 2.24) is 14.4 Å². The van der Waals surface area contributed by atoms with Gasteiger partial charge in [-0.25, -0.2) is 4.79 Å². The van der Waals surface area contributed by atoms with E-state index in [0.717, 1.165) is 45.8 Å². The third kappa shape index (κ3) is 5.67. The number of carbonyl (C=O) groups is 1. The van der Waals surface area contributed by atoms with E-state index >= 15 is 0 Å². The molecule has 0 spiro atoms. The summed E-state index contributed by atoms with van der Waals surface area (Å²) >= 11 is 0. The lowest BCUT2D eigenvalue weighted by Crippen LogP contribution is -2.40. The summed E-state index contributed by atoms with van der Waals surface area (Å²) < 4.78 is 8.59. The number of ether oxygens (including phenoxy) is 1. The normalized spacial score (nSPS) is 24.1. The third-order valence-corrected chi connectivity index (χ3v) is 11.8. The Bertz CT molecular complexity index is 1720. The molecule has 2 aliphatic carbocycles. The second kappa shape index (κ2) is 13.1. The van der Waals surface area contributed by atoms with Crippen LogP contribution in [-0.2, 0) is 22.7 Å². The van der Waals surface area contributed by atoms with Crippen LogP contribution in [0.4, 0.5) is 0 Å². The zero-order valence-electron chi connectivity index (χ0n) is 27.9. The molecule has 6 heteroatoms. The number of nitrogens with zero attached hydrogens (tertiary/aromatic N) is 3. The zero-order valence-corrected chi connectivity index (χ0v) is 27.9. The van der Waals surface area contributed by atoms with Crippen LogP contribution < -0.4 is 0 Å². The number of fused-ring (bicyclic) bond motifs is 4. The minimum Gasteiger partial charge on any atom is -0.478 e. The molecule has 5 aliphatic rings. The molecule has 4 heterocycles. The van der Waals surface area contributed by atoms with Crippen molar-refractivity contribution in [3.8, 4) is 0 Å². The topological polar surface area (TPSA) is 57.9 Å². The first-order chi connectivity index (χ1) is 23.1. The molecule has 0 amide bonds. The summed E-state index contributed by atoms with van der Waals surface area (Å²) in [6.45, 7) is 8.77. The van der Waals surface area contributed by atoms with Crippen LogP contribution in [0.3, 0.4) is 0 Å². The minimum atomic E-state index is -0.779. The molecule has 2 unspecified atom stereocenters. The average molecular weight is 632 g/mol. The Morgan fingerprint density at radius 3 is 2.47 bits per heavy atom. The number of piperidine rings is 1. The first-order valence-corrected chi connectivity index (χ1v) is 18.2. The summed E-state index contributed by atoms with van der Waals surface area (Å²) in [7, 11) is 0. The highest BCUT2D eigenvalue weighted by Gasteiger charge is 2.46. The van der Waals surface area contributed by atoms with Crippen molar-refractivity contribution in [2.24, 2.45) is 11.8 Å². The van der Waals surface area contributed by atoms with E-state index < -0.39 is 5.97 Å². The smallest absolute Gasteiger partial charge is 0.331 e. The number of hydrogen-bond acceptors (Lipinski definition) is 4. The van der Waals surface area contributed by atoms with Gasteiger partial charge >= 0.3 is 5.97 Å². The molecule has 3 aromatic rings. The molecular weight excluding hydrogens is 582 g/mol. The zero-order chi connectivity index (χ0) is 31.9. The minimum absolute atomic E-state index is 0.0431. The number of carboxylic acid groups (broad SMARTS) is 1. The standard InChI is InChI=1S/C41H49N3O3/c1-28-32(41(45)46)16-17-34-37(31-12-6-3-7-13-31)40-35-15-8-14-33-36(26-43(39(33)35)20-9-21-44(40)38(28)34)30-18-22-42(23-19-30)24-25-47-27-29-10-4-2-5-11-29/h2,4-5,8,10-11,14-17,26,28,30-31,38H,3,6-7,9,12-13,18-25,27H2,1H3,(H,45,46). The SMILES string of the molecule is CC1C(C(=O)O)=CC=C2C(C3CCCCC3)=C3c4cccc5c(C6CCN(CCOCc7ccccc7)CC6)cn(c45)CCCN3C21. The Morgan fingerprint density at radius 2 is 1.68 bits per heavy atom. The van der Waals surface area contributed by atoms with E-state index in [1.165, 1.54) is 89.4 Å². The van der Waals surface area contributed by atoms with Crippen LogP contribution in [0.25, 0.3) is 16.6 Å². The maximum Gasteiger partial charge on any atom is 0.331 e. The number of aromatic nitrogens is 1. The van der Waals surface area contributed by atoms with E-state index in [4.69, 9.17) is 4.74 Å². The van der Waals surface area contributed by atoms with Crippen LogP contribution in [0.1, 0.15) is 80.9 Å². The lowest BCUT2D eigenvalue weighted by Gasteiger charge is -2.37. The summed E-state index contributed by atoms with van der Waals surface area (Å²) in [4.78, 5) is 17.5. The van der Waals surface area contributed by atoms with Crippen molar-refractivity contribution < 1.29 is 14.6 Å². The highest BCUT2D eigenvalue weighted by atomic mass is 16.5. The Morgan fingerprint density at radius 1 is 0.872 bits per heavy atom. The van der Waals surface area contributed by atoms with Crippen LogP contribution in [0.2, 0.25) is 0 Å². The van der Waals surface area contributed by atoms with Crippen molar-refractivity contribution >= 4 is 22.6 Å². The first kappa shape index (κ1) is 30.7. The highest BCUT2D eigenvalue weighted by Crippen LogP contribution is 2.52. The van der Waals surface area contributed by atoms with E-state index in [1.54, 1.807) is 0 Å². The van der Waals surface area contributed by atoms with Gasteiger partial charge in [0, 0.05) is 48.3 Å². The molecule has 3 aliphatic heterocycles. The van der Waals surface area contributed by atoms with Gasteiger partial charge in [0.05, 0.1) is 30.5 Å². The van der Waals surface area contributed by atoms with Gasteiger partial charge in [0.1, 0.15) is 0 Å². The molecular formula is C41H49N3O3. The maximum atomic E-state index is 12.3. The number of hydrogen-bond donors (Lipinski definition) is 1. The number of allylic oxidation sites excluding steroid dienone is 2. The summed E-state index contributed by atoms with van der Waals surface area (Å²) in [5, 5.41) is 11.5. The summed E-state index contributed by atoms with van der Waals surface area (Å²) in [5.74, 6) is 0.288. The van der Waals surface area contributed by atoms with Crippen molar-refractivity contribution in [3.63, 3.8) is 0 Å². The van der Waals surface area contributed by atoms with Crippen molar-refractivity contribution in [1.29, 1.82) is 0 Å². The molecule has 47 heavy (non-hydrogen) atoms. The van der Waals surface area contributed by atoms with Gasteiger partial charge in [-0.1, -0.05) is 86.9 Å². The first-order valence-electron chi connectivity index (χ1n) is 18.2. The molecule has 2 aromatic carbocycles. The number of likely N-dealkylation sites (tertiary alicyclic amines) is 1. The monoisotopic (exact) mass is 631 g/mol. The van der Waals surface area contributed by atoms with Gasteiger partial charge in [-0.3, -0.25) is 0 Å². The molecule has 0 bridgehead atoms. The molecule has 6 nitrogen and oxygen atoms in total. The Labute approximate surface area is 279 Å². The lowest BCUT2D eigenvalue weighted by molar-refractivity contribution is -0.133. The number of aryl methyl sites for hydroxylation is 1. The largest absolute Gasteiger partial charge is 0.478 e. The molecule has 8 rings (SSSR count). The quantitative estimate of drug-likeness (QED) is 0.255. The van der Waals surface area contributed by atoms with E-state index in [-0.39, 0.29) is 12.0 Å². The number of carboxylic acids is 1. The van der Waals surface area contributed by atoms with Crippen LogP contribution in [-0.4, -0.2) is 64.3 Å². The molecule has 1 saturated carbocycles. The second-order valence-electron chi connectivity index (χ2n) is 14.6. The van der Waals surface area contributed by atoms with Gasteiger partial charge in [0.25, 0.3) is 0 Å². The maximum absolute atomic E-state index is 12.3. The molecule has 1 saturated heterocycles. The fourth-order valence-electron chi connectivity index (χ4n) is 9.54. The summed E-state index contributed by atoms with van der Waals surface area (Å²) in [6, 6.07) is 17.6. The molecule has 246 valence electrons. The van der Waals surface area contributed by atoms with Gasteiger partial charge in [-0.15, -0.1) is 0 Å². The molecule has 2 atom stereocenters. The van der Waals surface area contributed by atoms with E-state index in [2.05, 4.69) is 82.1 Å². The van der Waals surface area contributed by atoms with Gasteiger partial charge in [-0.2, -0.15) is 0 Å².